The highest BCUT2D eigenvalue weighted by Gasteiger charge is 2.38. The fraction of sp³-hybridized carbons (Fsp3) is 0.680. The van der Waals surface area contributed by atoms with E-state index in [1.54, 1.807) is 12.1 Å². The highest BCUT2D eigenvalue weighted by atomic mass is 35.5. The van der Waals surface area contributed by atoms with Crippen molar-refractivity contribution >= 4 is 29.2 Å². The van der Waals surface area contributed by atoms with Gasteiger partial charge in [-0.2, -0.15) is 13.2 Å². The van der Waals surface area contributed by atoms with Gasteiger partial charge in [-0.15, -0.1) is 0 Å². The van der Waals surface area contributed by atoms with Crippen LogP contribution in [0, 0.1) is 0 Å². The first-order valence-electron chi connectivity index (χ1n) is 12.7. The second kappa shape index (κ2) is 15.2. The van der Waals surface area contributed by atoms with Gasteiger partial charge in [-0.25, -0.2) is 4.79 Å². The molecule has 1 aromatic rings. The van der Waals surface area contributed by atoms with Crippen molar-refractivity contribution in [2.75, 3.05) is 52.1 Å². The lowest BCUT2D eigenvalue weighted by atomic mass is 10.0. The Kier molecular flexibility index (Phi) is 12.8. The number of carboxylic acids is 1. The minimum Gasteiger partial charge on any atom is -0.496 e. The minimum atomic E-state index is -5.08. The molecule has 2 aliphatic rings. The lowest BCUT2D eigenvalue weighted by Gasteiger charge is -2.32. The molecule has 37 heavy (non-hydrogen) atoms. The number of likely N-dealkylation sites (tertiary alicyclic amines) is 2. The molecule has 0 aromatic heterocycles. The van der Waals surface area contributed by atoms with Gasteiger partial charge in [0.05, 0.1) is 23.4 Å². The van der Waals surface area contributed by atoms with Crippen LogP contribution in [-0.4, -0.2) is 85.4 Å². The van der Waals surface area contributed by atoms with Crippen LogP contribution in [0.1, 0.15) is 61.7 Å². The van der Waals surface area contributed by atoms with Crippen LogP contribution in [0.15, 0.2) is 12.1 Å². The Morgan fingerprint density at radius 3 is 2.11 bits per heavy atom. The molecule has 0 saturated carbocycles. The number of unbranched alkanes of at least 4 members (excludes halogenated alkanes) is 2. The second-order valence-electron chi connectivity index (χ2n) is 9.43. The molecule has 2 fully saturated rings. The number of nitrogens with two attached hydrogens (primary N) is 1. The number of piperidine rings is 2. The van der Waals surface area contributed by atoms with Gasteiger partial charge in [-0.1, -0.05) is 24.4 Å². The average Bonchev–Trinajstić information content (AvgIpc) is 2.86. The minimum absolute atomic E-state index is 0.148. The van der Waals surface area contributed by atoms with Crippen molar-refractivity contribution in [2.24, 2.45) is 0 Å². The molecule has 0 radical (unpaired) electrons. The molecule has 12 heteroatoms. The normalized spacial score (nSPS) is 17.5. The molecule has 210 valence electrons. The van der Waals surface area contributed by atoms with Crippen LogP contribution < -0.4 is 15.8 Å². The number of hydrogen-bond donors (Lipinski definition) is 3. The number of carbonyl (C=O) groups is 2. The summed E-state index contributed by atoms with van der Waals surface area (Å²) in [6.45, 7) is 7.11. The summed E-state index contributed by atoms with van der Waals surface area (Å²) in [6, 6.07) is 3.38. The molecule has 8 nitrogen and oxygen atoms in total. The van der Waals surface area contributed by atoms with E-state index in [9.17, 15) is 18.0 Å². The molecule has 1 amide bonds. The van der Waals surface area contributed by atoms with E-state index in [0.29, 0.717) is 22.0 Å². The Morgan fingerprint density at radius 2 is 1.59 bits per heavy atom. The molecule has 2 heterocycles. The third kappa shape index (κ3) is 11.0. The maximum Gasteiger partial charge on any atom is 0.490 e. The number of benzene rings is 1. The Hall–Kier alpha value is -2.24. The number of nitrogens with zero attached hydrogens (tertiary/aromatic N) is 2. The van der Waals surface area contributed by atoms with Crippen molar-refractivity contribution in [3.05, 3.63) is 22.7 Å². The van der Waals surface area contributed by atoms with Crippen molar-refractivity contribution in [1.82, 2.24) is 15.1 Å². The van der Waals surface area contributed by atoms with Crippen LogP contribution in [-0.2, 0) is 4.79 Å². The standard InChI is InChI=1S/C23H37ClN4O2.C2HF3O2/c1-30-22-17-21(25)20(24)16-19(22)23(29)26-18-8-14-28(15-9-18)13-7-3-6-12-27-10-4-2-5-11-27;3-2(4,5)1(6)7/h16-18H,2-15,25H2,1H3,(H,26,29);(H,6,7). The van der Waals surface area contributed by atoms with Crippen LogP contribution in [0.3, 0.4) is 0 Å². The molecule has 0 aliphatic carbocycles. The van der Waals surface area contributed by atoms with Gasteiger partial charge in [0.15, 0.2) is 0 Å². The molecular formula is C25H38ClF3N4O4. The summed E-state index contributed by atoms with van der Waals surface area (Å²) in [5.74, 6) is -2.45. The molecule has 4 N–H and O–H groups in total. The molecule has 2 saturated heterocycles. The monoisotopic (exact) mass is 550 g/mol. The summed E-state index contributed by atoms with van der Waals surface area (Å²) in [5.41, 5.74) is 6.66. The van der Waals surface area contributed by atoms with Crippen LogP contribution in [0.2, 0.25) is 5.02 Å². The molecule has 0 spiro atoms. The maximum absolute atomic E-state index is 12.7. The first kappa shape index (κ1) is 31.0. The van der Waals surface area contributed by atoms with E-state index in [1.807, 2.05) is 0 Å². The maximum atomic E-state index is 12.7. The lowest BCUT2D eigenvalue weighted by Crippen LogP contribution is -2.44. The number of nitrogen functional groups attached to an aromatic ring is 1. The van der Waals surface area contributed by atoms with Crippen molar-refractivity contribution in [1.29, 1.82) is 0 Å². The summed E-state index contributed by atoms with van der Waals surface area (Å²) >= 11 is 6.09. The Balaban J connectivity index is 0.000000604. The van der Waals surface area contributed by atoms with Gasteiger partial charge < -0.3 is 30.7 Å². The van der Waals surface area contributed by atoms with Crippen molar-refractivity contribution < 1.29 is 32.6 Å². The van der Waals surface area contributed by atoms with Crippen LogP contribution in [0.5, 0.6) is 5.75 Å². The number of rotatable bonds is 9. The smallest absolute Gasteiger partial charge is 0.490 e. The number of ether oxygens (including phenoxy) is 1. The number of methoxy groups -OCH3 is 1. The number of halogens is 4. The predicted octanol–water partition coefficient (Wildman–Crippen LogP) is 4.41. The number of hydrogen-bond acceptors (Lipinski definition) is 6. The summed E-state index contributed by atoms with van der Waals surface area (Å²) in [5, 5.41) is 10.6. The summed E-state index contributed by atoms with van der Waals surface area (Å²) in [6.07, 6.45) is 4.94. The van der Waals surface area contributed by atoms with E-state index < -0.39 is 12.1 Å². The number of carboxylic acid groups (broad SMARTS) is 1. The topological polar surface area (TPSA) is 108 Å². The van der Waals surface area contributed by atoms with E-state index in [1.165, 1.54) is 71.8 Å². The molecule has 3 rings (SSSR count). The van der Waals surface area contributed by atoms with Gasteiger partial charge in [0.2, 0.25) is 0 Å². The summed E-state index contributed by atoms with van der Waals surface area (Å²) < 4.78 is 37.0. The zero-order valence-electron chi connectivity index (χ0n) is 21.3. The Labute approximate surface area is 221 Å². The van der Waals surface area contributed by atoms with E-state index in [-0.39, 0.29) is 11.9 Å². The van der Waals surface area contributed by atoms with Crippen molar-refractivity contribution in [3.63, 3.8) is 0 Å². The largest absolute Gasteiger partial charge is 0.496 e. The number of anilines is 1. The molecule has 1 aromatic carbocycles. The first-order valence-corrected chi connectivity index (χ1v) is 13.1. The molecule has 0 bridgehead atoms. The molecule has 0 unspecified atom stereocenters. The fourth-order valence-electron chi connectivity index (χ4n) is 4.51. The quantitative estimate of drug-likeness (QED) is 0.309. The van der Waals surface area contributed by atoms with Gasteiger partial charge in [0.25, 0.3) is 5.91 Å². The SMILES string of the molecule is COc1cc(N)c(Cl)cc1C(=O)NC1CCN(CCCCCN2CCCCC2)CC1.O=C(O)C(F)(F)F. The Morgan fingerprint density at radius 1 is 1.05 bits per heavy atom. The highest BCUT2D eigenvalue weighted by molar-refractivity contribution is 6.33. The van der Waals surface area contributed by atoms with Crippen molar-refractivity contribution in [3.8, 4) is 5.75 Å². The van der Waals surface area contributed by atoms with E-state index in [0.717, 1.165) is 25.9 Å². The number of carbonyl (C=O) groups excluding carboxylic acids is 1. The molecular weight excluding hydrogens is 513 g/mol. The lowest BCUT2D eigenvalue weighted by molar-refractivity contribution is -0.192. The Bertz CT molecular complexity index is 874. The number of aliphatic carboxylic acids is 1. The number of amides is 1. The number of alkyl halides is 3. The van der Waals surface area contributed by atoms with Crippen molar-refractivity contribution in [2.45, 2.75) is 63.6 Å². The summed E-state index contributed by atoms with van der Waals surface area (Å²) in [4.78, 5) is 26.8. The highest BCUT2D eigenvalue weighted by Crippen LogP contribution is 2.29. The van der Waals surface area contributed by atoms with Gasteiger partial charge in [0, 0.05) is 25.2 Å². The second-order valence-corrected chi connectivity index (χ2v) is 9.84. The average molecular weight is 551 g/mol. The third-order valence-corrected chi connectivity index (χ3v) is 6.95. The zero-order chi connectivity index (χ0) is 27.4. The molecule has 0 atom stereocenters. The van der Waals surface area contributed by atoms with Gasteiger partial charge >= 0.3 is 12.1 Å². The van der Waals surface area contributed by atoms with Gasteiger partial charge in [-0.05, 0) is 70.8 Å². The van der Waals surface area contributed by atoms with Crippen LogP contribution >= 0.6 is 11.6 Å². The first-order chi connectivity index (χ1) is 17.5. The van der Waals surface area contributed by atoms with Gasteiger partial charge in [-0.3, -0.25) is 4.79 Å². The zero-order valence-corrected chi connectivity index (χ0v) is 22.0. The van der Waals surface area contributed by atoms with Crippen LogP contribution in [0.25, 0.3) is 0 Å². The van der Waals surface area contributed by atoms with E-state index in [2.05, 4.69) is 15.1 Å². The predicted molar refractivity (Wildman–Crippen MR) is 137 cm³/mol. The van der Waals surface area contributed by atoms with E-state index in [4.69, 9.17) is 32.0 Å². The third-order valence-electron chi connectivity index (χ3n) is 6.63. The fourth-order valence-corrected chi connectivity index (χ4v) is 4.67. The summed E-state index contributed by atoms with van der Waals surface area (Å²) in [7, 11) is 1.53. The number of nitrogens with one attached hydrogen (secondary N) is 1. The van der Waals surface area contributed by atoms with Gasteiger partial charge in [0.1, 0.15) is 5.75 Å². The van der Waals surface area contributed by atoms with Crippen LogP contribution in [0.4, 0.5) is 18.9 Å². The van der Waals surface area contributed by atoms with E-state index >= 15 is 0 Å². The molecule has 2 aliphatic heterocycles.